The molecule has 1 aromatic carbocycles. The van der Waals surface area contributed by atoms with E-state index in [4.69, 9.17) is 5.73 Å². The molecule has 104 valence electrons. The van der Waals surface area contributed by atoms with Crippen molar-refractivity contribution in [2.75, 3.05) is 18.6 Å². The number of hydrogen-bond acceptors (Lipinski definition) is 5. The fourth-order valence-corrected chi connectivity index (χ4v) is 3.42. The molecule has 3 N–H and O–H groups in total. The van der Waals surface area contributed by atoms with Crippen LogP contribution in [-0.2, 0) is 26.0 Å². The van der Waals surface area contributed by atoms with Crippen LogP contribution in [0.4, 0.5) is 5.69 Å². The predicted octanol–water partition coefficient (Wildman–Crippen LogP) is 0.349. The number of carbonyl (C=O) groups excluding carboxylic acids is 1. The van der Waals surface area contributed by atoms with Crippen LogP contribution in [0, 0.1) is 0 Å². The van der Waals surface area contributed by atoms with E-state index in [0.29, 0.717) is 12.1 Å². The molecule has 0 bridgehead atoms. The Kier molecular flexibility index (Phi) is 3.77. The van der Waals surface area contributed by atoms with Crippen molar-refractivity contribution in [3.63, 3.8) is 0 Å². The number of sulfonamides is 1. The molecule has 0 spiro atoms. The molecular formula is C12H16N2O4S. The zero-order valence-corrected chi connectivity index (χ0v) is 11.4. The number of nitrogens with two attached hydrogens (primary N) is 1. The zero-order valence-electron chi connectivity index (χ0n) is 10.5. The number of hydrogen-bond donors (Lipinski definition) is 2. The van der Waals surface area contributed by atoms with Crippen LogP contribution in [0.1, 0.15) is 23.6 Å². The van der Waals surface area contributed by atoms with Crippen LogP contribution in [-0.4, -0.2) is 27.2 Å². The smallest absolute Gasteiger partial charge is 0.322 e. The third-order valence-electron chi connectivity index (χ3n) is 3.10. The van der Waals surface area contributed by atoms with Crippen molar-refractivity contribution in [3.8, 4) is 0 Å². The minimum atomic E-state index is -3.68. The van der Waals surface area contributed by atoms with Crippen LogP contribution < -0.4 is 10.5 Å². The minimum absolute atomic E-state index is 0.301. The molecule has 0 aliphatic heterocycles. The molecule has 6 nitrogen and oxygen atoms in total. The predicted molar refractivity (Wildman–Crippen MR) is 70.9 cm³/mol. The summed E-state index contributed by atoms with van der Waals surface area (Å²) in [6.45, 7) is 0. The van der Waals surface area contributed by atoms with E-state index < -0.39 is 21.7 Å². The number of nitrogens with one attached hydrogen (secondary N) is 1. The minimum Gasteiger partial charge on any atom is -0.468 e. The van der Waals surface area contributed by atoms with E-state index in [2.05, 4.69) is 9.46 Å². The summed E-state index contributed by atoms with van der Waals surface area (Å²) in [6.07, 6.45) is 1.44. The number of aryl methyl sites for hydroxylation is 1. The summed E-state index contributed by atoms with van der Waals surface area (Å²) < 4.78 is 30.5. The molecule has 0 saturated heterocycles. The Labute approximate surface area is 112 Å². The molecule has 1 unspecified atom stereocenters. The monoisotopic (exact) mass is 284 g/mol. The molecule has 0 heterocycles. The molecule has 1 aliphatic rings. The molecule has 2 rings (SSSR count). The van der Waals surface area contributed by atoms with Gasteiger partial charge in [0.25, 0.3) is 0 Å². The molecule has 1 aromatic rings. The molecule has 0 radical (unpaired) electrons. The highest BCUT2D eigenvalue weighted by molar-refractivity contribution is 7.90. The quantitative estimate of drug-likeness (QED) is 0.614. The summed E-state index contributed by atoms with van der Waals surface area (Å²) in [5, 5.41) is 0. The number of carbonyl (C=O) groups is 1. The molecule has 1 atom stereocenters. The van der Waals surface area contributed by atoms with Gasteiger partial charge in [-0.2, -0.15) is 0 Å². The molecule has 7 heteroatoms. The first kappa shape index (κ1) is 13.8. The Morgan fingerprint density at radius 3 is 2.95 bits per heavy atom. The Morgan fingerprint density at radius 1 is 1.53 bits per heavy atom. The Bertz CT molecular complexity index is 598. The van der Waals surface area contributed by atoms with Gasteiger partial charge in [-0.3, -0.25) is 4.79 Å². The first-order chi connectivity index (χ1) is 8.91. The molecule has 0 saturated carbocycles. The normalized spacial score (nSPS) is 18.1. The van der Waals surface area contributed by atoms with Gasteiger partial charge in [-0.15, -0.1) is 0 Å². The second-order valence-electron chi connectivity index (χ2n) is 4.50. The van der Waals surface area contributed by atoms with E-state index in [1.165, 1.54) is 0 Å². The first-order valence-electron chi connectivity index (χ1n) is 5.86. The fourth-order valence-electron chi connectivity index (χ4n) is 2.23. The fraction of sp³-hybridized carbons (Fsp3) is 0.417. The lowest BCUT2D eigenvalue weighted by atomic mass is 10.1. The standard InChI is InChI=1S/C12H16N2O4S/c1-18-12(15)7-19(16,17)14-11-5-2-8-6-9(13)3-4-10(8)11/h3-4,6,11,14H,2,5,7,13H2,1H3. The molecule has 0 aromatic heterocycles. The highest BCUT2D eigenvalue weighted by Gasteiger charge is 2.28. The summed E-state index contributed by atoms with van der Waals surface area (Å²) in [5.74, 6) is -1.44. The van der Waals surface area contributed by atoms with Gasteiger partial charge in [0.15, 0.2) is 5.75 Å². The van der Waals surface area contributed by atoms with Crippen molar-refractivity contribution in [2.24, 2.45) is 0 Å². The number of rotatable bonds is 4. The van der Waals surface area contributed by atoms with E-state index in [9.17, 15) is 13.2 Å². The average molecular weight is 284 g/mol. The molecule has 0 fully saturated rings. The number of benzene rings is 1. The average Bonchev–Trinajstić information content (AvgIpc) is 2.70. The van der Waals surface area contributed by atoms with E-state index >= 15 is 0 Å². The van der Waals surface area contributed by atoms with Gasteiger partial charge in [0, 0.05) is 11.7 Å². The van der Waals surface area contributed by atoms with E-state index in [1.807, 2.05) is 12.1 Å². The summed E-state index contributed by atoms with van der Waals surface area (Å²) >= 11 is 0. The van der Waals surface area contributed by atoms with Crippen molar-refractivity contribution >= 4 is 21.7 Å². The van der Waals surface area contributed by atoms with Gasteiger partial charge < -0.3 is 10.5 Å². The largest absolute Gasteiger partial charge is 0.468 e. The summed E-state index contributed by atoms with van der Waals surface area (Å²) in [7, 11) is -2.53. The number of methoxy groups -OCH3 is 1. The van der Waals surface area contributed by atoms with Gasteiger partial charge in [0.1, 0.15) is 0 Å². The number of ether oxygens (including phenoxy) is 1. The summed E-state index contributed by atoms with van der Waals surface area (Å²) in [5.41, 5.74) is 8.32. The second kappa shape index (κ2) is 5.18. The summed E-state index contributed by atoms with van der Waals surface area (Å²) in [6, 6.07) is 5.11. The Morgan fingerprint density at radius 2 is 2.26 bits per heavy atom. The molecule has 0 amide bonds. The van der Waals surface area contributed by atoms with Crippen molar-refractivity contribution in [1.82, 2.24) is 4.72 Å². The first-order valence-corrected chi connectivity index (χ1v) is 7.51. The zero-order chi connectivity index (χ0) is 14.0. The summed E-state index contributed by atoms with van der Waals surface area (Å²) in [4.78, 5) is 11.0. The maximum Gasteiger partial charge on any atom is 0.322 e. The van der Waals surface area contributed by atoms with E-state index in [-0.39, 0.29) is 6.04 Å². The van der Waals surface area contributed by atoms with Crippen molar-refractivity contribution in [1.29, 1.82) is 0 Å². The van der Waals surface area contributed by atoms with Crippen LogP contribution in [0.5, 0.6) is 0 Å². The van der Waals surface area contributed by atoms with Crippen LogP contribution >= 0.6 is 0 Å². The number of anilines is 1. The molecule has 19 heavy (non-hydrogen) atoms. The van der Waals surface area contributed by atoms with Crippen LogP contribution in [0.15, 0.2) is 18.2 Å². The third kappa shape index (κ3) is 3.24. The van der Waals surface area contributed by atoms with Crippen molar-refractivity contribution < 1.29 is 17.9 Å². The highest BCUT2D eigenvalue weighted by Crippen LogP contribution is 2.32. The SMILES string of the molecule is COC(=O)CS(=O)(=O)NC1CCc2cc(N)ccc21. The van der Waals surface area contributed by atoms with E-state index in [1.54, 1.807) is 6.07 Å². The Balaban J connectivity index is 2.13. The number of nitrogen functional groups attached to an aromatic ring is 1. The molecule has 1 aliphatic carbocycles. The van der Waals surface area contributed by atoms with Gasteiger partial charge in [0.05, 0.1) is 7.11 Å². The van der Waals surface area contributed by atoms with Gasteiger partial charge in [-0.1, -0.05) is 6.07 Å². The Hall–Kier alpha value is -1.60. The van der Waals surface area contributed by atoms with E-state index in [0.717, 1.165) is 24.7 Å². The lowest BCUT2D eigenvalue weighted by Gasteiger charge is -2.14. The van der Waals surface area contributed by atoms with Crippen LogP contribution in [0.25, 0.3) is 0 Å². The maximum atomic E-state index is 11.8. The highest BCUT2D eigenvalue weighted by atomic mass is 32.2. The van der Waals surface area contributed by atoms with Crippen LogP contribution in [0.2, 0.25) is 0 Å². The van der Waals surface area contributed by atoms with Crippen molar-refractivity contribution in [3.05, 3.63) is 29.3 Å². The van der Waals surface area contributed by atoms with Gasteiger partial charge in [-0.05, 0) is 36.1 Å². The van der Waals surface area contributed by atoms with Crippen LogP contribution in [0.3, 0.4) is 0 Å². The lowest BCUT2D eigenvalue weighted by molar-refractivity contribution is -0.137. The second-order valence-corrected chi connectivity index (χ2v) is 6.26. The van der Waals surface area contributed by atoms with Gasteiger partial charge in [-0.25, -0.2) is 13.1 Å². The van der Waals surface area contributed by atoms with Gasteiger partial charge >= 0.3 is 5.97 Å². The topological polar surface area (TPSA) is 98.5 Å². The number of esters is 1. The lowest BCUT2D eigenvalue weighted by Crippen LogP contribution is -2.33. The number of fused-ring (bicyclic) bond motifs is 1. The molecular weight excluding hydrogens is 268 g/mol. The maximum absolute atomic E-state index is 11.8. The third-order valence-corrected chi connectivity index (χ3v) is 4.36. The van der Waals surface area contributed by atoms with Crippen molar-refractivity contribution in [2.45, 2.75) is 18.9 Å². The van der Waals surface area contributed by atoms with Gasteiger partial charge in [0.2, 0.25) is 10.0 Å².